The van der Waals surface area contributed by atoms with Gasteiger partial charge in [0.15, 0.2) is 0 Å². The first-order chi connectivity index (χ1) is 8.48. The molecule has 0 unspecified atom stereocenters. The second kappa shape index (κ2) is 7.52. The van der Waals surface area contributed by atoms with E-state index in [0.29, 0.717) is 0 Å². The molecule has 0 saturated carbocycles. The van der Waals surface area contributed by atoms with Crippen LogP contribution in [0.1, 0.15) is 59.7 Å². The van der Waals surface area contributed by atoms with Crippen LogP contribution in [0.15, 0.2) is 18.2 Å². The van der Waals surface area contributed by atoms with Crippen LogP contribution in [0.3, 0.4) is 0 Å². The van der Waals surface area contributed by atoms with Gasteiger partial charge in [0.2, 0.25) is 0 Å². The topological polar surface area (TPSA) is 12.9 Å². The molecule has 18 heavy (non-hydrogen) atoms. The highest BCUT2D eigenvalue weighted by molar-refractivity contribution is 7.13. The Morgan fingerprint density at radius 1 is 1.00 bits per heavy atom. The fourth-order valence-corrected chi connectivity index (χ4v) is 2.36. The van der Waals surface area contributed by atoms with Crippen LogP contribution < -0.4 is 0 Å². The molecule has 2 aromatic rings. The molecule has 2 heteroatoms. The first-order valence-electron chi connectivity index (χ1n) is 6.85. The molecule has 0 bridgehead atoms. The van der Waals surface area contributed by atoms with E-state index in [1.54, 1.807) is 11.5 Å². The third-order valence-corrected chi connectivity index (χ3v) is 3.42. The van der Waals surface area contributed by atoms with Crippen LogP contribution in [0.2, 0.25) is 0 Å². The van der Waals surface area contributed by atoms with Crippen molar-refractivity contribution >= 4 is 21.6 Å². The Hall–Kier alpha value is -0.890. The maximum Gasteiger partial charge on any atom is 0.0589 e. The largest absolute Gasteiger partial charge is 0.197 e. The SMILES string of the molecule is CC.CC.Cc1nsc2cc(C(C)(C)C)ccc12. The third kappa shape index (κ3) is 4.09. The summed E-state index contributed by atoms with van der Waals surface area (Å²) in [5.41, 5.74) is 2.76. The summed E-state index contributed by atoms with van der Waals surface area (Å²) in [6, 6.07) is 6.67. The minimum Gasteiger partial charge on any atom is -0.197 e. The monoisotopic (exact) mass is 265 g/mol. The molecule has 1 aromatic carbocycles. The van der Waals surface area contributed by atoms with Gasteiger partial charge in [-0.15, -0.1) is 0 Å². The lowest BCUT2D eigenvalue weighted by molar-refractivity contribution is 0.591. The van der Waals surface area contributed by atoms with Crippen molar-refractivity contribution in [3.05, 3.63) is 29.5 Å². The molecule has 0 aliphatic carbocycles. The van der Waals surface area contributed by atoms with Crippen molar-refractivity contribution in [2.75, 3.05) is 0 Å². The Morgan fingerprint density at radius 3 is 2.06 bits per heavy atom. The van der Waals surface area contributed by atoms with Gasteiger partial charge >= 0.3 is 0 Å². The summed E-state index contributed by atoms with van der Waals surface area (Å²) in [6.07, 6.45) is 0. The van der Waals surface area contributed by atoms with Gasteiger partial charge in [-0.2, -0.15) is 4.37 Å². The third-order valence-electron chi connectivity index (χ3n) is 2.52. The van der Waals surface area contributed by atoms with Gasteiger partial charge in [0.05, 0.1) is 10.4 Å². The summed E-state index contributed by atoms with van der Waals surface area (Å²) in [6.45, 7) is 16.8. The van der Waals surface area contributed by atoms with E-state index in [9.17, 15) is 0 Å². The standard InChI is InChI=1S/C12H15NS.2C2H6/c1-8-10-6-5-9(12(2,3)4)7-11(10)14-13-8;2*1-2/h5-7H,1-4H3;2*1-2H3. The molecule has 0 amide bonds. The van der Waals surface area contributed by atoms with Crippen LogP contribution in [-0.4, -0.2) is 4.37 Å². The number of nitrogens with zero attached hydrogens (tertiary/aromatic N) is 1. The molecule has 2 rings (SSSR count). The van der Waals surface area contributed by atoms with Crippen LogP contribution in [0, 0.1) is 6.92 Å². The van der Waals surface area contributed by atoms with Crippen LogP contribution in [0.5, 0.6) is 0 Å². The lowest BCUT2D eigenvalue weighted by atomic mass is 9.87. The lowest BCUT2D eigenvalue weighted by Gasteiger charge is -2.18. The van der Waals surface area contributed by atoms with E-state index in [4.69, 9.17) is 0 Å². The Balaban J connectivity index is 0.000000659. The molecule has 0 saturated heterocycles. The van der Waals surface area contributed by atoms with E-state index in [-0.39, 0.29) is 5.41 Å². The average Bonchev–Trinajstić information content (AvgIpc) is 2.75. The van der Waals surface area contributed by atoms with E-state index >= 15 is 0 Å². The van der Waals surface area contributed by atoms with Crippen LogP contribution in [-0.2, 0) is 5.41 Å². The molecule has 1 aromatic heterocycles. The second-order valence-corrected chi connectivity index (χ2v) is 5.53. The van der Waals surface area contributed by atoms with Crippen molar-refractivity contribution in [2.45, 2.75) is 60.8 Å². The molecule has 0 aliphatic rings. The molecule has 0 N–H and O–H groups in total. The minimum atomic E-state index is 0.228. The summed E-state index contributed by atoms with van der Waals surface area (Å²) >= 11 is 1.59. The van der Waals surface area contributed by atoms with Gasteiger partial charge < -0.3 is 0 Å². The van der Waals surface area contributed by atoms with E-state index in [1.807, 2.05) is 27.7 Å². The quantitative estimate of drug-likeness (QED) is 0.573. The van der Waals surface area contributed by atoms with Crippen LogP contribution in [0.25, 0.3) is 10.1 Å². The Kier molecular flexibility index (Phi) is 7.15. The fourth-order valence-electron chi connectivity index (χ4n) is 1.53. The van der Waals surface area contributed by atoms with E-state index in [1.165, 1.54) is 15.6 Å². The number of fused-ring (bicyclic) bond motifs is 1. The van der Waals surface area contributed by atoms with E-state index in [2.05, 4.69) is 50.3 Å². The van der Waals surface area contributed by atoms with Crippen LogP contribution in [0.4, 0.5) is 0 Å². The molecular weight excluding hydrogens is 238 g/mol. The zero-order chi connectivity index (χ0) is 14.3. The summed E-state index contributed by atoms with van der Waals surface area (Å²) in [5, 5.41) is 1.29. The first kappa shape index (κ1) is 17.1. The zero-order valence-corrected chi connectivity index (χ0v) is 13.9. The lowest BCUT2D eigenvalue weighted by Crippen LogP contribution is -2.10. The maximum atomic E-state index is 4.36. The molecule has 1 heterocycles. The van der Waals surface area contributed by atoms with Gasteiger partial charge in [0.25, 0.3) is 0 Å². The average molecular weight is 265 g/mol. The Morgan fingerprint density at radius 2 is 1.56 bits per heavy atom. The molecular formula is C16H27NS. The molecule has 0 fully saturated rings. The summed E-state index contributed by atoms with van der Waals surface area (Å²) in [5.74, 6) is 0. The van der Waals surface area contributed by atoms with Crippen molar-refractivity contribution in [3.63, 3.8) is 0 Å². The molecule has 0 atom stereocenters. The zero-order valence-electron chi connectivity index (χ0n) is 13.1. The highest BCUT2D eigenvalue weighted by atomic mass is 32.1. The molecule has 0 radical (unpaired) electrons. The smallest absolute Gasteiger partial charge is 0.0589 e. The summed E-state index contributed by atoms with van der Waals surface area (Å²) in [7, 11) is 0. The first-order valence-corrected chi connectivity index (χ1v) is 7.62. The van der Waals surface area contributed by atoms with E-state index in [0.717, 1.165) is 5.69 Å². The van der Waals surface area contributed by atoms with Gasteiger partial charge in [-0.1, -0.05) is 60.6 Å². The van der Waals surface area contributed by atoms with Crippen molar-refractivity contribution < 1.29 is 0 Å². The molecule has 0 spiro atoms. The van der Waals surface area contributed by atoms with Crippen LogP contribution >= 0.6 is 11.5 Å². The van der Waals surface area contributed by atoms with Gasteiger partial charge in [-0.05, 0) is 35.5 Å². The van der Waals surface area contributed by atoms with Gasteiger partial charge in [0, 0.05) is 5.39 Å². The summed E-state index contributed by atoms with van der Waals surface area (Å²) in [4.78, 5) is 0. The summed E-state index contributed by atoms with van der Waals surface area (Å²) < 4.78 is 5.66. The highest BCUT2D eigenvalue weighted by Gasteiger charge is 2.14. The van der Waals surface area contributed by atoms with Crippen molar-refractivity contribution in [3.8, 4) is 0 Å². The maximum absolute atomic E-state index is 4.36. The second-order valence-electron chi connectivity index (χ2n) is 4.73. The molecule has 0 aliphatic heterocycles. The number of aryl methyl sites for hydroxylation is 1. The fraction of sp³-hybridized carbons (Fsp3) is 0.562. The number of hydrogen-bond acceptors (Lipinski definition) is 2. The predicted molar refractivity (Wildman–Crippen MR) is 85.8 cm³/mol. The van der Waals surface area contributed by atoms with Gasteiger partial charge in [-0.3, -0.25) is 0 Å². The van der Waals surface area contributed by atoms with Gasteiger partial charge in [-0.25, -0.2) is 0 Å². The van der Waals surface area contributed by atoms with Crippen molar-refractivity contribution in [1.29, 1.82) is 0 Å². The Bertz CT molecular complexity index is 463. The minimum absolute atomic E-state index is 0.228. The highest BCUT2D eigenvalue weighted by Crippen LogP contribution is 2.29. The number of rotatable bonds is 0. The number of benzene rings is 1. The molecule has 1 nitrogen and oxygen atoms in total. The predicted octanol–water partition coefficient (Wildman–Crippen LogP) is 5.95. The number of hydrogen-bond donors (Lipinski definition) is 0. The van der Waals surface area contributed by atoms with Crippen molar-refractivity contribution in [2.24, 2.45) is 0 Å². The molecule has 102 valence electrons. The normalized spacial score (nSPS) is 10.2. The number of aromatic nitrogens is 1. The Labute approximate surface area is 116 Å². The van der Waals surface area contributed by atoms with E-state index < -0.39 is 0 Å². The van der Waals surface area contributed by atoms with Gasteiger partial charge in [0.1, 0.15) is 0 Å². The van der Waals surface area contributed by atoms with Crippen molar-refractivity contribution in [1.82, 2.24) is 4.37 Å².